The molecular weight excluding hydrogens is 608 g/mol. The molecular formula is C36H36N8O4. The number of rotatable bonds is 6. The Kier molecular flexibility index (Phi) is 8.74. The molecule has 4 heterocycles. The van der Waals surface area contributed by atoms with Crippen molar-refractivity contribution in [3.05, 3.63) is 92.9 Å². The van der Waals surface area contributed by atoms with Crippen LogP contribution in [-0.2, 0) is 17.8 Å². The van der Waals surface area contributed by atoms with Gasteiger partial charge in [0.2, 0.25) is 5.95 Å². The fraction of sp³-hybridized carbons (Fsp3) is 0.333. The lowest BCUT2D eigenvalue weighted by molar-refractivity contribution is 0.0499. The lowest BCUT2D eigenvalue weighted by Crippen LogP contribution is -2.49. The van der Waals surface area contributed by atoms with Crippen LogP contribution in [0.25, 0.3) is 27.6 Å². The molecule has 12 nitrogen and oxygen atoms in total. The van der Waals surface area contributed by atoms with Crippen LogP contribution in [0.5, 0.6) is 0 Å². The molecule has 2 aromatic carbocycles. The Bertz CT molecular complexity index is 2240. The van der Waals surface area contributed by atoms with Gasteiger partial charge in [-0.1, -0.05) is 48.4 Å². The van der Waals surface area contributed by atoms with Crippen molar-refractivity contribution in [2.75, 3.05) is 18.0 Å². The zero-order chi connectivity index (χ0) is 34.0. The van der Waals surface area contributed by atoms with Gasteiger partial charge in [0, 0.05) is 36.1 Å². The molecule has 0 radical (unpaired) electrons. The predicted octanol–water partition coefficient (Wildman–Crippen LogP) is 4.33. The standard InChI is InChI=1S/C36H36N8O4/c1-5-6-19-42-30-31(40-33(42)41-18-12-13-25(22-41)39-34(46)48-36(2,3)4)44(26-14-8-7-9-15-26)35(47)43(32(30)45)23-29-28-17-11-10-16-27(28)24(20-37)21-38-29/h7-11,14-17,21,25H,12-13,18-19,22-23H2,1-4H3,(H,39,46)/t25-/m1/s1. The molecule has 1 fully saturated rings. The molecule has 1 saturated heterocycles. The van der Waals surface area contributed by atoms with Crippen molar-refractivity contribution >= 4 is 34.0 Å². The van der Waals surface area contributed by atoms with Crippen molar-refractivity contribution in [3.63, 3.8) is 0 Å². The van der Waals surface area contributed by atoms with Gasteiger partial charge in [-0.3, -0.25) is 18.9 Å². The van der Waals surface area contributed by atoms with E-state index in [1.165, 1.54) is 15.3 Å². The third-order valence-electron chi connectivity index (χ3n) is 8.17. The number of anilines is 1. The number of carbonyl (C=O) groups is 1. The molecule has 6 rings (SSSR count). The Balaban J connectivity index is 1.53. The number of amides is 1. The Labute approximate surface area is 277 Å². The molecule has 244 valence electrons. The summed E-state index contributed by atoms with van der Waals surface area (Å²) in [5, 5.41) is 14.0. The van der Waals surface area contributed by atoms with Crippen LogP contribution in [0.15, 0.2) is 70.4 Å². The van der Waals surface area contributed by atoms with E-state index in [4.69, 9.17) is 9.72 Å². The van der Waals surface area contributed by atoms with Gasteiger partial charge in [0.15, 0.2) is 11.2 Å². The molecule has 0 unspecified atom stereocenters. The highest BCUT2D eigenvalue weighted by atomic mass is 16.6. The highest BCUT2D eigenvalue weighted by molar-refractivity contribution is 5.89. The summed E-state index contributed by atoms with van der Waals surface area (Å²) in [6.45, 7) is 8.25. The van der Waals surface area contributed by atoms with E-state index in [2.05, 4.69) is 28.2 Å². The fourth-order valence-electron chi connectivity index (χ4n) is 6.09. The number of fused-ring (bicyclic) bond motifs is 2. The normalized spacial score (nSPS) is 14.7. The second-order valence-corrected chi connectivity index (χ2v) is 12.6. The molecule has 3 aromatic heterocycles. The van der Waals surface area contributed by atoms with Crippen molar-refractivity contribution in [1.29, 1.82) is 5.26 Å². The number of alkyl carbamates (subject to hydrolysis) is 1. The highest BCUT2D eigenvalue weighted by Gasteiger charge is 2.30. The summed E-state index contributed by atoms with van der Waals surface area (Å²) in [5.74, 6) is 6.47. The minimum Gasteiger partial charge on any atom is -0.444 e. The number of carbonyl (C=O) groups excluding carboxylic acids is 1. The summed E-state index contributed by atoms with van der Waals surface area (Å²) in [7, 11) is 0. The summed E-state index contributed by atoms with van der Waals surface area (Å²) in [6, 6.07) is 18.3. The smallest absolute Gasteiger partial charge is 0.407 e. The van der Waals surface area contributed by atoms with Gasteiger partial charge in [-0.05, 0) is 52.7 Å². The minimum atomic E-state index is -0.633. The molecule has 5 aromatic rings. The van der Waals surface area contributed by atoms with Crippen molar-refractivity contribution in [1.82, 2.24) is 29.0 Å². The van der Waals surface area contributed by atoms with Crippen LogP contribution in [0.4, 0.5) is 10.7 Å². The molecule has 0 saturated carbocycles. The van der Waals surface area contributed by atoms with Crippen LogP contribution in [0.2, 0.25) is 0 Å². The third-order valence-corrected chi connectivity index (χ3v) is 8.17. The number of benzene rings is 2. The van der Waals surface area contributed by atoms with Crippen LogP contribution >= 0.6 is 0 Å². The average molecular weight is 645 g/mol. The van der Waals surface area contributed by atoms with E-state index in [1.807, 2.05) is 68.1 Å². The highest BCUT2D eigenvalue weighted by Crippen LogP contribution is 2.26. The lowest BCUT2D eigenvalue weighted by atomic mass is 10.1. The van der Waals surface area contributed by atoms with E-state index in [1.54, 1.807) is 23.6 Å². The zero-order valence-electron chi connectivity index (χ0n) is 27.4. The first-order valence-electron chi connectivity index (χ1n) is 15.8. The Morgan fingerprint density at radius 1 is 1.06 bits per heavy atom. The molecule has 12 heteroatoms. The monoisotopic (exact) mass is 644 g/mol. The zero-order valence-corrected chi connectivity index (χ0v) is 27.4. The molecule has 1 N–H and O–H groups in total. The van der Waals surface area contributed by atoms with Crippen LogP contribution in [-0.4, -0.2) is 54.5 Å². The van der Waals surface area contributed by atoms with Crippen LogP contribution in [0.3, 0.4) is 0 Å². The van der Waals surface area contributed by atoms with Crippen LogP contribution < -0.4 is 21.5 Å². The van der Waals surface area contributed by atoms with Gasteiger partial charge in [-0.25, -0.2) is 14.2 Å². The maximum absolute atomic E-state index is 14.5. The molecule has 1 atom stereocenters. The van der Waals surface area contributed by atoms with E-state index >= 15 is 0 Å². The molecule has 1 amide bonds. The predicted molar refractivity (Wildman–Crippen MR) is 183 cm³/mol. The number of nitriles is 1. The largest absolute Gasteiger partial charge is 0.444 e. The first-order valence-corrected chi connectivity index (χ1v) is 15.8. The second kappa shape index (κ2) is 13.1. The number of hydrogen-bond donors (Lipinski definition) is 1. The van der Waals surface area contributed by atoms with Gasteiger partial charge in [0.05, 0.1) is 30.0 Å². The number of nitrogens with zero attached hydrogens (tertiary/aromatic N) is 7. The molecule has 0 aliphatic carbocycles. The van der Waals surface area contributed by atoms with Crippen LogP contribution in [0.1, 0.15) is 51.8 Å². The molecule has 0 spiro atoms. The molecule has 0 bridgehead atoms. The van der Waals surface area contributed by atoms with Crippen molar-refractivity contribution < 1.29 is 9.53 Å². The van der Waals surface area contributed by atoms with Gasteiger partial charge in [0.25, 0.3) is 5.56 Å². The van der Waals surface area contributed by atoms with E-state index in [-0.39, 0.29) is 30.3 Å². The number of pyridine rings is 1. The van der Waals surface area contributed by atoms with Crippen molar-refractivity contribution in [3.8, 4) is 23.6 Å². The molecule has 1 aliphatic heterocycles. The third kappa shape index (κ3) is 6.25. The quantitative estimate of drug-likeness (QED) is 0.270. The fourth-order valence-corrected chi connectivity index (χ4v) is 6.09. The van der Waals surface area contributed by atoms with Crippen molar-refractivity contribution in [2.45, 2.75) is 65.3 Å². The topological polar surface area (TPSA) is 140 Å². The van der Waals surface area contributed by atoms with E-state index in [0.29, 0.717) is 46.8 Å². The number of para-hydroxylation sites is 1. The number of aromatic nitrogens is 5. The minimum absolute atomic E-state index is 0.127. The summed E-state index contributed by atoms with van der Waals surface area (Å²) in [4.78, 5) is 52.9. The van der Waals surface area contributed by atoms with Crippen molar-refractivity contribution in [2.24, 2.45) is 0 Å². The summed E-state index contributed by atoms with van der Waals surface area (Å²) in [6.07, 6.45) is 2.48. The number of imidazole rings is 1. The Morgan fingerprint density at radius 2 is 1.79 bits per heavy atom. The average Bonchev–Trinajstić information content (AvgIpc) is 3.44. The van der Waals surface area contributed by atoms with Gasteiger partial charge < -0.3 is 15.0 Å². The first kappa shape index (κ1) is 32.1. The molecule has 1 aliphatic rings. The number of ether oxygens (including phenoxy) is 1. The maximum atomic E-state index is 14.5. The SMILES string of the molecule is CC#CCn1c(N2CCC[C@@H](NC(=O)OC(C)(C)C)C2)nc2c1c(=O)n(Cc1ncc(C#N)c3ccccc13)c(=O)n2-c1ccccc1. The van der Waals surface area contributed by atoms with E-state index in [9.17, 15) is 19.6 Å². The lowest BCUT2D eigenvalue weighted by Gasteiger charge is -2.34. The van der Waals surface area contributed by atoms with Gasteiger partial charge in [-0.15, -0.1) is 5.92 Å². The first-order chi connectivity index (χ1) is 23.1. The van der Waals surface area contributed by atoms with E-state index < -0.39 is 22.9 Å². The summed E-state index contributed by atoms with van der Waals surface area (Å²) in [5.41, 5.74) is 0.113. The number of hydrogen-bond acceptors (Lipinski definition) is 8. The Morgan fingerprint density at radius 3 is 2.50 bits per heavy atom. The van der Waals surface area contributed by atoms with Gasteiger partial charge in [-0.2, -0.15) is 10.2 Å². The summed E-state index contributed by atoms with van der Waals surface area (Å²) >= 11 is 0. The van der Waals surface area contributed by atoms with Gasteiger partial charge >= 0.3 is 11.8 Å². The summed E-state index contributed by atoms with van der Waals surface area (Å²) < 4.78 is 9.86. The number of nitrogens with one attached hydrogen (secondary N) is 1. The second-order valence-electron chi connectivity index (χ2n) is 12.6. The van der Waals surface area contributed by atoms with Gasteiger partial charge in [0.1, 0.15) is 11.7 Å². The van der Waals surface area contributed by atoms with E-state index in [0.717, 1.165) is 12.8 Å². The Hall–Kier alpha value is -5.88. The number of piperidine rings is 1. The molecule has 48 heavy (non-hydrogen) atoms. The maximum Gasteiger partial charge on any atom is 0.407 e. The van der Waals surface area contributed by atoms with Crippen LogP contribution in [0, 0.1) is 23.2 Å².